The van der Waals surface area contributed by atoms with Crippen molar-refractivity contribution in [3.8, 4) is 0 Å². The molecular weight excluding hydrogens is 87.1 g/mol. The summed E-state index contributed by atoms with van der Waals surface area (Å²) in [6, 6.07) is 0. The molecule has 0 nitrogen and oxygen atoms in total. The Morgan fingerprint density at radius 3 is 1.60 bits per heavy atom. The Morgan fingerprint density at radius 2 is 1.60 bits per heavy atom. The van der Waals surface area contributed by atoms with E-state index in [1.807, 2.05) is 0 Å². The maximum atomic E-state index is 3.75. The minimum absolute atomic E-state index is 0. The molecule has 0 atom stereocenters. The Balaban J connectivity index is 0.000000160. The summed E-state index contributed by atoms with van der Waals surface area (Å²) in [5, 5.41) is 0. The van der Waals surface area contributed by atoms with Gasteiger partial charge in [-0.15, -0.1) is 0 Å². The zero-order valence-corrected chi connectivity index (χ0v) is 6.82. The van der Waals surface area contributed by atoms with Crippen molar-refractivity contribution in [2.24, 2.45) is 5.92 Å². The van der Waals surface area contributed by atoms with E-state index in [0.29, 0.717) is 0 Å². The fourth-order valence-corrected chi connectivity index (χ4v) is 0.118. The second-order valence-corrected chi connectivity index (χ2v) is 1.44. The molecule has 1 aliphatic carbocycles. The average Bonchev–Trinajstić information content (AvgIpc) is 1.75. The Bertz CT molecular complexity index is 22.8. The summed E-state index contributed by atoms with van der Waals surface area (Å²) >= 11 is 0. The molecule has 1 fully saturated rings. The van der Waals surface area contributed by atoms with Crippen LogP contribution in [-0.4, -0.2) is 0 Å². The summed E-state index contributed by atoms with van der Waals surface area (Å²) in [6.07, 6.45) is 2.75. The van der Waals surface area contributed by atoms with E-state index in [1.165, 1.54) is 12.8 Å². The predicted octanol–water partition coefficient (Wildman–Crippen LogP) is -1.77. The van der Waals surface area contributed by atoms with Crippen molar-refractivity contribution in [2.45, 2.75) is 12.8 Å². The van der Waals surface area contributed by atoms with Crippen LogP contribution in [0.4, 0.5) is 0 Å². The molecule has 1 saturated carbocycles. The van der Waals surface area contributed by atoms with Gasteiger partial charge < -0.3 is 6.92 Å². The van der Waals surface area contributed by atoms with Crippen LogP contribution in [0, 0.1) is 12.8 Å². The van der Waals surface area contributed by atoms with Gasteiger partial charge in [0.15, 0.2) is 0 Å². The molecule has 1 rings (SSSR count). The fourth-order valence-electron chi connectivity index (χ4n) is 0.118. The maximum absolute atomic E-state index is 3.75. The molecule has 0 N–H and O–H groups in total. The third kappa shape index (κ3) is 3.47. The molecule has 0 heterocycles. The smallest absolute Gasteiger partial charge is 0.340 e. The van der Waals surface area contributed by atoms with Crippen LogP contribution < -0.4 is 51.4 Å². The van der Waals surface area contributed by atoms with Gasteiger partial charge in [0.05, 0.1) is 0 Å². The minimum Gasteiger partial charge on any atom is -0.340 e. The van der Waals surface area contributed by atoms with Gasteiger partial charge in [0.25, 0.3) is 0 Å². The van der Waals surface area contributed by atoms with Crippen molar-refractivity contribution in [3.63, 3.8) is 0 Å². The van der Waals surface area contributed by atoms with Gasteiger partial charge in [0.2, 0.25) is 0 Å². The van der Waals surface area contributed by atoms with Gasteiger partial charge >= 0.3 is 51.4 Å². The molecule has 0 aromatic carbocycles. The quantitative estimate of drug-likeness (QED) is 0.246. The van der Waals surface area contributed by atoms with Crippen molar-refractivity contribution < 1.29 is 51.4 Å². The fraction of sp³-hybridized carbons (Fsp3) is 0.750. The Morgan fingerprint density at radius 1 is 1.40 bits per heavy atom. The predicted molar refractivity (Wildman–Crippen MR) is 18.1 cm³/mol. The zero-order chi connectivity index (χ0) is 2.99. The van der Waals surface area contributed by atoms with Crippen LogP contribution >= 0.6 is 0 Å². The van der Waals surface area contributed by atoms with E-state index in [-0.39, 0.29) is 51.4 Å². The molecule has 0 radical (unpaired) electrons. The minimum atomic E-state index is 0. The van der Waals surface area contributed by atoms with Gasteiger partial charge in [-0.05, 0) is 0 Å². The van der Waals surface area contributed by atoms with E-state index in [2.05, 4.69) is 6.92 Å². The number of hydrogen-bond donors (Lipinski definition) is 0. The van der Waals surface area contributed by atoms with Crippen molar-refractivity contribution in [1.29, 1.82) is 0 Å². The average molecular weight is 94.2 g/mol. The van der Waals surface area contributed by atoms with E-state index in [9.17, 15) is 0 Å². The van der Waals surface area contributed by atoms with Crippen LogP contribution in [-0.2, 0) is 0 Å². The molecule has 0 unspecified atom stereocenters. The summed E-state index contributed by atoms with van der Waals surface area (Å²) in [5.41, 5.74) is 0. The summed E-state index contributed by atoms with van der Waals surface area (Å²) < 4.78 is 0. The van der Waals surface area contributed by atoms with Crippen molar-refractivity contribution in [2.75, 3.05) is 0 Å². The van der Waals surface area contributed by atoms with Crippen molar-refractivity contribution >= 4 is 0 Å². The van der Waals surface area contributed by atoms with Crippen LogP contribution in [0.3, 0.4) is 0 Å². The largest absolute Gasteiger partial charge is 1.00 e. The van der Waals surface area contributed by atoms with E-state index in [1.54, 1.807) is 0 Å². The van der Waals surface area contributed by atoms with Crippen LogP contribution in [0.15, 0.2) is 0 Å². The summed E-state index contributed by atoms with van der Waals surface area (Å²) in [7, 11) is 0. The second-order valence-electron chi connectivity index (χ2n) is 1.44. The Labute approximate surface area is 75.8 Å². The standard InChI is InChI=1S/C4H7.K/c1-4-2-3-4;/h4H,1-3H2;/q-1;+1. The first-order chi connectivity index (χ1) is 1.89. The van der Waals surface area contributed by atoms with E-state index in [0.717, 1.165) is 5.92 Å². The first-order valence-corrected chi connectivity index (χ1v) is 1.72. The first kappa shape index (κ1) is 6.64. The molecule has 24 valence electrons. The van der Waals surface area contributed by atoms with Crippen LogP contribution in [0.2, 0.25) is 0 Å². The molecule has 1 aliphatic rings. The molecule has 0 aromatic heterocycles. The molecule has 0 aliphatic heterocycles. The maximum Gasteiger partial charge on any atom is 1.00 e. The van der Waals surface area contributed by atoms with Crippen molar-refractivity contribution in [1.82, 2.24) is 0 Å². The van der Waals surface area contributed by atoms with Crippen molar-refractivity contribution in [3.05, 3.63) is 6.92 Å². The zero-order valence-electron chi connectivity index (χ0n) is 3.70. The van der Waals surface area contributed by atoms with Gasteiger partial charge in [-0.25, -0.2) is 0 Å². The first-order valence-electron chi connectivity index (χ1n) is 1.72. The van der Waals surface area contributed by atoms with E-state index in [4.69, 9.17) is 0 Å². The third-order valence-corrected chi connectivity index (χ3v) is 0.697. The Kier molecular flexibility index (Phi) is 3.65. The second kappa shape index (κ2) is 2.75. The molecule has 0 aromatic rings. The number of hydrogen-bond acceptors (Lipinski definition) is 0. The SMILES string of the molecule is [CH2-]C1CC1.[K+]. The molecule has 0 amide bonds. The van der Waals surface area contributed by atoms with Gasteiger partial charge in [-0.2, -0.15) is 5.92 Å². The van der Waals surface area contributed by atoms with E-state index < -0.39 is 0 Å². The third-order valence-electron chi connectivity index (χ3n) is 0.697. The molecule has 0 bridgehead atoms. The van der Waals surface area contributed by atoms with Crippen LogP contribution in [0.5, 0.6) is 0 Å². The van der Waals surface area contributed by atoms with Gasteiger partial charge in [-0.3, -0.25) is 0 Å². The summed E-state index contributed by atoms with van der Waals surface area (Å²) in [4.78, 5) is 0. The van der Waals surface area contributed by atoms with Crippen LogP contribution in [0.1, 0.15) is 12.8 Å². The summed E-state index contributed by atoms with van der Waals surface area (Å²) in [6.45, 7) is 3.75. The Hall–Kier alpha value is 1.64. The van der Waals surface area contributed by atoms with Gasteiger partial charge in [0.1, 0.15) is 0 Å². The summed E-state index contributed by atoms with van der Waals surface area (Å²) in [5.74, 6) is 0.833. The molecule has 0 spiro atoms. The monoisotopic (exact) mass is 94.0 g/mol. The van der Waals surface area contributed by atoms with Gasteiger partial charge in [-0.1, -0.05) is 12.8 Å². The number of rotatable bonds is 0. The van der Waals surface area contributed by atoms with Crippen LogP contribution in [0.25, 0.3) is 0 Å². The van der Waals surface area contributed by atoms with Gasteiger partial charge in [0, 0.05) is 0 Å². The molecule has 5 heavy (non-hydrogen) atoms. The molecular formula is C4H7K. The molecule has 1 heteroatoms. The normalized spacial score (nSPS) is 21.0. The van der Waals surface area contributed by atoms with E-state index >= 15 is 0 Å². The molecule has 0 saturated heterocycles. The topological polar surface area (TPSA) is 0 Å².